The minimum Gasteiger partial charge on any atom is -0.363 e. The number of amides is 1. The number of carbonyl (C=O) groups is 1. The number of nitrogens with one attached hydrogen (secondary N) is 1. The third kappa shape index (κ3) is 3.21. The number of carbonyl (C=O) groups excluding carboxylic acids is 1. The van der Waals surface area contributed by atoms with Gasteiger partial charge in [-0.15, -0.1) is 0 Å². The molecule has 0 aromatic heterocycles. The zero-order chi connectivity index (χ0) is 15.7. The molecule has 0 spiro atoms. The van der Waals surface area contributed by atoms with Crippen molar-refractivity contribution in [2.75, 3.05) is 26.7 Å². The number of sulfonamides is 1. The Balaban J connectivity index is 2.28. The van der Waals surface area contributed by atoms with Gasteiger partial charge in [0.05, 0.1) is 18.0 Å². The van der Waals surface area contributed by atoms with Gasteiger partial charge in [-0.05, 0) is 31.2 Å². The van der Waals surface area contributed by atoms with E-state index in [1.165, 1.54) is 35.6 Å². The third-order valence-corrected chi connectivity index (χ3v) is 5.51. The molecule has 0 saturated carbocycles. The molecule has 0 bridgehead atoms. The third-order valence-electron chi connectivity index (χ3n) is 3.40. The molecule has 1 fully saturated rings. The standard InChI is InChI=1S/C13H17ClN2O4S/c1-13(12(17)15-2)9-16(7-8-20-13)21(18,19)11-5-3-10(14)4-6-11/h3-6H,7-9H2,1-2H3,(H,15,17). The normalized spacial score (nSPS) is 23.8. The molecule has 6 nitrogen and oxygen atoms in total. The lowest BCUT2D eigenvalue weighted by Gasteiger charge is -2.38. The van der Waals surface area contributed by atoms with Crippen molar-refractivity contribution in [3.05, 3.63) is 29.3 Å². The highest BCUT2D eigenvalue weighted by atomic mass is 35.5. The number of likely N-dealkylation sites (N-methyl/N-ethyl adjacent to an activating group) is 1. The topological polar surface area (TPSA) is 75.7 Å². The zero-order valence-corrected chi connectivity index (χ0v) is 13.4. The van der Waals surface area contributed by atoms with Gasteiger partial charge in [0.25, 0.3) is 5.91 Å². The summed E-state index contributed by atoms with van der Waals surface area (Å²) in [5.41, 5.74) is -1.19. The van der Waals surface area contributed by atoms with Gasteiger partial charge in [0, 0.05) is 18.6 Å². The van der Waals surface area contributed by atoms with Gasteiger partial charge < -0.3 is 10.1 Å². The second kappa shape index (κ2) is 5.92. The van der Waals surface area contributed by atoms with Crippen molar-refractivity contribution in [3.8, 4) is 0 Å². The number of rotatable bonds is 3. The second-order valence-corrected chi connectivity index (χ2v) is 7.33. The molecule has 1 heterocycles. The van der Waals surface area contributed by atoms with Crippen molar-refractivity contribution in [1.82, 2.24) is 9.62 Å². The van der Waals surface area contributed by atoms with E-state index in [0.717, 1.165) is 0 Å². The lowest BCUT2D eigenvalue weighted by atomic mass is 10.0. The number of halogens is 1. The molecule has 0 radical (unpaired) electrons. The van der Waals surface area contributed by atoms with Crippen molar-refractivity contribution >= 4 is 27.5 Å². The molecule has 1 aliphatic rings. The fourth-order valence-corrected chi connectivity index (χ4v) is 3.83. The highest BCUT2D eigenvalue weighted by Crippen LogP contribution is 2.25. The van der Waals surface area contributed by atoms with E-state index in [4.69, 9.17) is 16.3 Å². The number of benzene rings is 1. The largest absolute Gasteiger partial charge is 0.363 e. The van der Waals surface area contributed by atoms with Gasteiger partial charge in [0.15, 0.2) is 5.60 Å². The molecule has 1 aliphatic heterocycles. The molecule has 1 unspecified atom stereocenters. The van der Waals surface area contributed by atoms with E-state index in [9.17, 15) is 13.2 Å². The summed E-state index contributed by atoms with van der Waals surface area (Å²) in [7, 11) is -2.19. The van der Waals surface area contributed by atoms with Crippen molar-refractivity contribution in [3.63, 3.8) is 0 Å². The van der Waals surface area contributed by atoms with E-state index in [-0.39, 0.29) is 30.5 Å². The molecule has 116 valence electrons. The van der Waals surface area contributed by atoms with Crippen LogP contribution in [-0.4, -0.2) is 51.0 Å². The maximum Gasteiger partial charge on any atom is 0.253 e. The first kappa shape index (κ1) is 16.2. The quantitative estimate of drug-likeness (QED) is 0.891. The lowest BCUT2D eigenvalue weighted by molar-refractivity contribution is -0.151. The van der Waals surface area contributed by atoms with Crippen molar-refractivity contribution in [2.45, 2.75) is 17.4 Å². The Morgan fingerprint density at radius 2 is 2.00 bits per heavy atom. The van der Waals surface area contributed by atoms with E-state index in [1.807, 2.05) is 0 Å². The number of ether oxygens (including phenoxy) is 1. The summed E-state index contributed by atoms with van der Waals surface area (Å²) in [6.07, 6.45) is 0. The number of morpholine rings is 1. The van der Waals surface area contributed by atoms with E-state index < -0.39 is 15.6 Å². The fraction of sp³-hybridized carbons (Fsp3) is 0.462. The van der Waals surface area contributed by atoms with Crippen LogP contribution in [-0.2, 0) is 19.6 Å². The first-order valence-corrected chi connectivity index (χ1v) is 8.23. The number of hydrogen-bond donors (Lipinski definition) is 1. The minimum absolute atomic E-state index is 0.0301. The Morgan fingerprint density at radius 1 is 1.38 bits per heavy atom. The van der Waals surface area contributed by atoms with Gasteiger partial charge in [-0.1, -0.05) is 11.6 Å². The summed E-state index contributed by atoms with van der Waals surface area (Å²) < 4.78 is 31.9. The Morgan fingerprint density at radius 3 is 2.57 bits per heavy atom. The van der Waals surface area contributed by atoms with Gasteiger partial charge in [-0.3, -0.25) is 4.79 Å². The molecule has 1 aromatic rings. The summed E-state index contributed by atoms with van der Waals surface area (Å²) in [6, 6.07) is 5.94. The highest BCUT2D eigenvalue weighted by Gasteiger charge is 2.42. The summed E-state index contributed by atoms with van der Waals surface area (Å²) in [5.74, 6) is -0.349. The average molecular weight is 333 g/mol. The summed E-state index contributed by atoms with van der Waals surface area (Å²) in [4.78, 5) is 12.0. The molecule has 0 aliphatic carbocycles. The molecule has 21 heavy (non-hydrogen) atoms. The van der Waals surface area contributed by atoms with Crippen LogP contribution in [0.4, 0.5) is 0 Å². The molecular weight excluding hydrogens is 316 g/mol. The zero-order valence-electron chi connectivity index (χ0n) is 11.8. The van der Waals surface area contributed by atoms with Crippen LogP contribution in [0.25, 0.3) is 0 Å². The number of hydrogen-bond acceptors (Lipinski definition) is 4. The van der Waals surface area contributed by atoms with Crippen LogP contribution in [0.3, 0.4) is 0 Å². The van der Waals surface area contributed by atoms with E-state index >= 15 is 0 Å². The molecule has 1 N–H and O–H groups in total. The van der Waals surface area contributed by atoms with E-state index in [0.29, 0.717) is 5.02 Å². The van der Waals surface area contributed by atoms with E-state index in [1.54, 1.807) is 6.92 Å². The van der Waals surface area contributed by atoms with Crippen LogP contribution in [0.5, 0.6) is 0 Å². The second-order valence-electron chi connectivity index (χ2n) is 4.95. The highest BCUT2D eigenvalue weighted by molar-refractivity contribution is 7.89. The Bertz CT molecular complexity index is 632. The average Bonchev–Trinajstić information content (AvgIpc) is 2.47. The molecule has 1 saturated heterocycles. The Hall–Kier alpha value is -1.15. The summed E-state index contributed by atoms with van der Waals surface area (Å²) in [5, 5.41) is 2.96. The predicted molar refractivity (Wildman–Crippen MR) is 78.6 cm³/mol. The van der Waals surface area contributed by atoms with Gasteiger partial charge in [-0.25, -0.2) is 8.42 Å². The lowest BCUT2D eigenvalue weighted by Crippen LogP contribution is -2.58. The van der Waals surface area contributed by atoms with E-state index in [2.05, 4.69) is 5.32 Å². The first-order valence-electron chi connectivity index (χ1n) is 6.41. The maximum absolute atomic E-state index is 12.6. The smallest absolute Gasteiger partial charge is 0.253 e. The molecular formula is C13H17ClN2O4S. The van der Waals surface area contributed by atoms with Crippen LogP contribution in [0, 0.1) is 0 Å². The van der Waals surface area contributed by atoms with Crippen LogP contribution in [0.2, 0.25) is 5.02 Å². The van der Waals surface area contributed by atoms with Crippen LogP contribution < -0.4 is 5.32 Å². The summed E-state index contributed by atoms with van der Waals surface area (Å²) >= 11 is 5.77. The molecule has 1 amide bonds. The first-order chi connectivity index (χ1) is 9.79. The monoisotopic (exact) mass is 332 g/mol. The van der Waals surface area contributed by atoms with Gasteiger partial charge >= 0.3 is 0 Å². The SMILES string of the molecule is CNC(=O)C1(C)CN(S(=O)(=O)c2ccc(Cl)cc2)CCO1. The Kier molecular flexibility index (Phi) is 4.57. The molecule has 2 rings (SSSR count). The van der Waals surface area contributed by atoms with Gasteiger partial charge in [-0.2, -0.15) is 4.31 Å². The number of nitrogens with zero attached hydrogens (tertiary/aromatic N) is 1. The minimum atomic E-state index is -3.68. The van der Waals surface area contributed by atoms with Crippen LogP contribution in [0.15, 0.2) is 29.2 Å². The van der Waals surface area contributed by atoms with Crippen LogP contribution in [0.1, 0.15) is 6.92 Å². The predicted octanol–water partition coefficient (Wildman–Crippen LogP) is 0.866. The van der Waals surface area contributed by atoms with Gasteiger partial charge in [0.2, 0.25) is 10.0 Å². The Labute approximate surface area is 129 Å². The van der Waals surface area contributed by atoms with Gasteiger partial charge in [0.1, 0.15) is 0 Å². The van der Waals surface area contributed by atoms with Crippen molar-refractivity contribution in [1.29, 1.82) is 0 Å². The van der Waals surface area contributed by atoms with Crippen molar-refractivity contribution in [2.24, 2.45) is 0 Å². The molecule has 8 heteroatoms. The molecule has 1 atom stereocenters. The summed E-state index contributed by atoms with van der Waals surface area (Å²) in [6.45, 7) is 1.92. The maximum atomic E-state index is 12.6. The van der Waals surface area contributed by atoms with Crippen molar-refractivity contribution < 1.29 is 17.9 Å². The van der Waals surface area contributed by atoms with Crippen LogP contribution >= 0.6 is 11.6 Å². The molecule has 1 aromatic carbocycles. The fourth-order valence-electron chi connectivity index (χ4n) is 2.20.